The molecule has 0 amide bonds. The third-order valence-electron chi connectivity index (χ3n) is 4.81. The van der Waals surface area contributed by atoms with Gasteiger partial charge in [-0.15, -0.1) is 0 Å². The van der Waals surface area contributed by atoms with Crippen LogP contribution < -0.4 is 5.32 Å². The largest absolute Gasteiger partial charge is 0.316 e. The van der Waals surface area contributed by atoms with E-state index in [9.17, 15) is 18.5 Å². The molecule has 2 aliphatic rings. The summed E-state index contributed by atoms with van der Waals surface area (Å²) >= 11 is 0. The van der Waals surface area contributed by atoms with Gasteiger partial charge < -0.3 is 5.32 Å². The molecule has 2 aliphatic heterocycles. The van der Waals surface area contributed by atoms with Crippen molar-refractivity contribution in [1.29, 1.82) is 0 Å². The Kier molecular flexibility index (Phi) is 3.70. The molecule has 7 nitrogen and oxygen atoms in total. The monoisotopic (exact) mass is 325 g/mol. The molecule has 2 atom stereocenters. The molecule has 0 radical (unpaired) electrons. The van der Waals surface area contributed by atoms with Crippen molar-refractivity contribution < 1.29 is 13.3 Å². The number of hydrogen-bond donors (Lipinski definition) is 1. The second kappa shape index (κ2) is 5.29. The number of rotatable bonds is 3. The quantitative estimate of drug-likeness (QED) is 0.662. The minimum atomic E-state index is -3.85. The number of nitrogens with zero attached hydrogens (tertiary/aromatic N) is 2. The van der Waals surface area contributed by atoms with Crippen molar-refractivity contribution in [2.24, 2.45) is 11.8 Å². The van der Waals surface area contributed by atoms with Gasteiger partial charge in [0, 0.05) is 19.2 Å². The molecule has 1 N–H and O–H groups in total. The van der Waals surface area contributed by atoms with Gasteiger partial charge in [-0.25, -0.2) is 8.42 Å². The summed E-state index contributed by atoms with van der Waals surface area (Å²) in [7, 11) is -3.85. The van der Waals surface area contributed by atoms with Gasteiger partial charge in [0.05, 0.1) is 4.92 Å². The highest BCUT2D eigenvalue weighted by atomic mass is 32.2. The van der Waals surface area contributed by atoms with Crippen LogP contribution in [-0.2, 0) is 10.0 Å². The van der Waals surface area contributed by atoms with Gasteiger partial charge in [-0.3, -0.25) is 10.1 Å². The van der Waals surface area contributed by atoms with E-state index in [0.717, 1.165) is 18.7 Å². The lowest BCUT2D eigenvalue weighted by atomic mass is 10.0. The smallest absolute Gasteiger partial charge is 0.289 e. The van der Waals surface area contributed by atoms with E-state index in [0.29, 0.717) is 30.5 Å². The molecule has 8 heteroatoms. The molecular weight excluding hydrogens is 306 g/mol. The van der Waals surface area contributed by atoms with Gasteiger partial charge in [0.25, 0.3) is 5.69 Å². The number of nitrogens with one attached hydrogen (secondary N) is 1. The van der Waals surface area contributed by atoms with E-state index in [1.807, 2.05) is 0 Å². The van der Waals surface area contributed by atoms with Crippen LogP contribution in [0.3, 0.4) is 0 Å². The van der Waals surface area contributed by atoms with Crippen LogP contribution in [0.5, 0.6) is 0 Å². The Bertz CT molecular complexity index is 720. The maximum Gasteiger partial charge on any atom is 0.289 e. The lowest BCUT2D eigenvalue weighted by molar-refractivity contribution is -0.388. The molecule has 2 saturated heterocycles. The molecule has 0 spiro atoms. The standard InChI is InChI=1S/C14H19N3O4S/c1-9-3-4-13(17(18)19)14(10(9)2)22(20,21)16-7-11-5-15-6-12(11)8-16/h3-4,11-12,15H,5-8H2,1-2H3/t11-,12+. The lowest BCUT2D eigenvalue weighted by Crippen LogP contribution is -2.32. The molecule has 1 aromatic carbocycles. The summed E-state index contributed by atoms with van der Waals surface area (Å²) in [4.78, 5) is 10.5. The molecule has 22 heavy (non-hydrogen) atoms. The van der Waals surface area contributed by atoms with Crippen LogP contribution in [0, 0.1) is 35.8 Å². The van der Waals surface area contributed by atoms with E-state index in [4.69, 9.17) is 0 Å². The Balaban J connectivity index is 2.06. The van der Waals surface area contributed by atoms with Gasteiger partial charge in [-0.1, -0.05) is 6.07 Å². The lowest BCUT2D eigenvalue weighted by Gasteiger charge is -2.19. The Morgan fingerprint density at radius 3 is 2.36 bits per heavy atom. The first-order valence-electron chi connectivity index (χ1n) is 7.28. The Morgan fingerprint density at radius 1 is 1.23 bits per heavy atom. The zero-order valence-electron chi connectivity index (χ0n) is 12.6. The van der Waals surface area contributed by atoms with Crippen molar-refractivity contribution in [2.75, 3.05) is 26.2 Å². The molecule has 0 aromatic heterocycles. The minimum absolute atomic E-state index is 0.148. The summed E-state index contributed by atoms with van der Waals surface area (Å²) in [6.07, 6.45) is 0. The summed E-state index contributed by atoms with van der Waals surface area (Å²) in [5.41, 5.74) is 0.868. The SMILES string of the molecule is Cc1ccc([N+](=O)[O-])c(S(=O)(=O)N2C[C@H]3CNC[C@H]3C2)c1C. The van der Waals surface area contributed by atoms with Crippen LogP contribution in [0.2, 0.25) is 0 Å². The van der Waals surface area contributed by atoms with Gasteiger partial charge in [0.1, 0.15) is 0 Å². The zero-order chi connectivity index (χ0) is 16.1. The second-order valence-corrected chi connectivity index (χ2v) is 7.99. The number of aryl methyl sites for hydroxylation is 1. The Morgan fingerprint density at radius 2 is 1.82 bits per heavy atom. The number of hydrogen-bond acceptors (Lipinski definition) is 5. The highest BCUT2D eigenvalue weighted by molar-refractivity contribution is 7.89. The first kappa shape index (κ1) is 15.4. The molecule has 0 unspecified atom stereocenters. The van der Waals surface area contributed by atoms with Gasteiger partial charge in [0.2, 0.25) is 10.0 Å². The van der Waals surface area contributed by atoms with Crippen LogP contribution in [0.4, 0.5) is 5.69 Å². The zero-order valence-corrected chi connectivity index (χ0v) is 13.4. The molecule has 120 valence electrons. The first-order valence-corrected chi connectivity index (χ1v) is 8.72. The molecule has 1 aromatic rings. The molecule has 0 bridgehead atoms. The summed E-state index contributed by atoms with van der Waals surface area (Å²) in [6.45, 7) is 5.89. The predicted molar refractivity (Wildman–Crippen MR) is 81.2 cm³/mol. The third kappa shape index (κ3) is 2.31. The average molecular weight is 325 g/mol. The van der Waals surface area contributed by atoms with Crippen molar-refractivity contribution in [3.8, 4) is 0 Å². The second-order valence-electron chi connectivity index (χ2n) is 6.11. The number of nitro groups is 1. The summed E-state index contributed by atoms with van der Waals surface area (Å²) in [5, 5.41) is 14.5. The van der Waals surface area contributed by atoms with Crippen molar-refractivity contribution in [2.45, 2.75) is 18.7 Å². The Hall–Kier alpha value is -1.51. The van der Waals surface area contributed by atoms with Gasteiger partial charge >= 0.3 is 0 Å². The fourth-order valence-electron chi connectivity index (χ4n) is 3.38. The van der Waals surface area contributed by atoms with E-state index in [1.54, 1.807) is 19.9 Å². The number of sulfonamides is 1. The van der Waals surface area contributed by atoms with Crippen LogP contribution in [0.1, 0.15) is 11.1 Å². The van der Waals surface area contributed by atoms with Gasteiger partial charge in [-0.2, -0.15) is 4.31 Å². The Labute approximate surface area is 129 Å². The predicted octanol–water partition coefficient (Wildman–Crippen LogP) is 1.05. The molecule has 3 rings (SSSR count). The minimum Gasteiger partial charge on any atom is -0.316 e. The molecule has 2 heterocycles. The van der Waals surface area contributed by atoms with Crippen molar-refractivity contribution in [3.63, 3.8) is 0 Å². The van der Waals surface area contributed by atoms with Gasteiger partial charge in [0.15, 0.2) is 4.90 Å². The number of fused-ring (bicyclic) bond motifs is 1. The molecule has 0 saturated carbocycles. The fourth-order valence-corrected chi connectivity index (χ4v) is 5.37. The van der Waals surface area contributed by atoms with E-state index < -0.39 is 14.9 Å². The summed E-state index contributed by atoms with van der Waals surface area (Å²) in [6, 6.07) is 2.88. The summed E-state index contributed by atoms with van der Waals surface area (Å²) in [5.74, 6) is 0.609. The third-order valence-corrected chi connectivity index (χ3v) is 6.82. The highest BCUT2D eigenvalue weighted by Crippen LogP contribution is 2.36. The molecule has 2 fully saturated rings. The number of benzene rings is 1. The topological polar surface area (TPSA) is 92.5 Å². The van der Waals surface area contributed by atoms with E-state index in [1.165, 1.54) is 10.4 Å². The normalized spacial score (nSPS) is 25.4. The van der Waals surface area contributed by atoms with E-state index in [-0.39, 0.29) is 10.6 Å². The maximum absolute atomic E-state index is 13.0. The maximum atomic E-state index is 13.0. The van der Waals surface area contributed by atoms with E-state index in [2.05, 4.69) is 5.32 Å². The summed E-state index contributed by atoms with van der Waals surface area (Å²) < 4.78 is 27.3. The van der Waals surface area contributed by atoms with Crippen molar-refractivity contribution >= 4 is 15.7 Å². The highest BCUT2D eigenvalue weighted by Gasteiger charge is 2.43. The first-order chi connectivity index (χ1) is 10.3. The van der Waals surface area contributed by atoms with E-state index >= 15 is 0 Å². The molecular formula is C14H19N3O4S. The van der Waals surface area contributed by atoms with Crippen LogP contribution in [-0.4, -0.2) is 43.8 Å². The number of nitro benzene ring substituents is 1. The van der Waals surface area contributed by atoms with Crippen LogP contribution in [0.25, 0.3) is 0 Å². The average Bonchev–Trinajstić information content (AvgIpc) is 3.02. The van der Waals surface area contributed by atoms with Crippen molar-refractivity contribution in [3.05, 3.63) is 33.4 Å². The van der Waals surface area contributed by atoms with Crippen LogP contribution >= 0.6 is 0 Å². The van der Waals surface area contributed by atoms with Gasteiger partial charge in [-0.05, 0) is 49.9 Å². The molecule has 0 aliphatic carbocycles. The fraction of sp³-hybridized carbons (Fsp3) is 0.571. The van der Waals surface area contributed by atoms with Crippen molar-refractivity contribution in [1.82, 2.24) is 9.62 Å². The van der Waals surface area contributed by atoms with Crippen LogP contribution in [0.15, 0.2) is 17.0 Å².